The summed E-state index contributed by atoms with van der Waals surface area (Å²) in [6.45, 7) is 4.83. The molecule has 0 radical (unpaired) electrons. The third kappa shape index (κ3) is 5.88. The van der Waals surface area contributed by atoms with Crippen LogP contribution < -0.4 is 4.90 Å². The topological polar surface area (TPSA) is 3.24 Å². The van der Waals surface area contributed by atoms with E-state index in [0.29, 0.717) is 11.8 Å². The van der Waals surface area contributed by atoms with Crippen molar-refractivity contribution in [2.45, 2.75) is 88.9 Å². The largest absolute Gasteiger partial charge is 0.309 e. The van der Waals surface area contributed by atoms with Crippen LogP contribution in [0.3, 0.4) is 0 Å². The van der Waals surface area contributed by atoms with Gasteiger partial charge in [0.15, 0.2) is 0 Å². The number of fused-ring (bicyclic) bond motifs is 6. The highest BCUT2D eigenvalue weighted by atomic mass is 15.1. The van der Waals surface area contributed by atoms with E-state index in [2.05, 4.69) is 170 Å². The fraction of sp³-hybridized carbons (Fsp3) is 0.286. The van der Waals surface area contributed by atoms with Gasteiger partial charge in [0.05, 0.1) is 11.4 Å². The molecule has 0 amide bonds. The molecule has 2 bridgehead atoms. The van der Waals surface area contributed by atoms with Crippen LogP contribution in [0.4, 0.5) is 17.1 Å². The van der Waals surface area contributed by atoms with E-state index in [9.17, 15) is 0 Å². The van der Waals surface area contributed by atoms with Gasteiger partial charge in [0.2, 0.25) is 0 Å². The van der Waals surface area contributed by atoms with Gasteiger partial charge in [0.25, 0.3) is 0 Å². The van der Waals surface area contributed by atoms with Crippen molar-refractivity contribution in [2.24, 2.45) is 11.8 Å². The highest BCUT2D eigenvalue weighted by Crippen LogP contribution is 2.56. The summed E-state index contributed by atoms with van der Waals surface area (Å²) < 4.78 is 0. The number of hydrogen-bond acceptors (Lipinski definition) is 1. The zero-order valence-electron chi connectivity index (χ0n) is 33.6. The van der Waals surface area contributed by atoms with E-state index in [1.807, 2.05) is 0 Å². The zero-order chi connectivity index (χ0) is 38.1. The normalized spacial score (nSPS) is 20.8. The van der Waals surface area contributed by atoms with Gasteiger partial charge in [-0.1, -0.05) is 161 Å². The van der Waals surface area contributed by atoms with Crippen LogP contribution in [-0.2, 0) is 5.41 Å². The first-order valence-corrected chi connectivity index (χ1v) is 21.9. The molecule has 0 aromatic heterocycles. The summed E-state index contributed by atoms with van der Waals surface area (Å²) in [5, 5.41) is 2.64. The first kappa shape index (κ1) is 34.8. The minimum Gasteiger partial charge on any atom is -0.309 e. The zero-order valence-corrected chi connectivity index (χ0v) is 33.6. The summed E-state index contributed by atoms with van der Waals surface area (Å²) in [6.07, 6.45) is 12.3. The lowest BCUT2D eigenvalue weighted by Crippen LogP contribution is -2.17. The van der Waals surface area contributed by atoms with Crippen molar-refractivity contribution >= 4 is 27.8 Å². The van der Waals surface area contributed by atoms with Gasteiger partial charge in [0, 0.05) is 22.1 Å². The molecule has 3 fully saturated rings. The molecule has 3 saturated carbocycles. The molecule has 11 rings (SSSR count). The van der Waals surface area contributed by atoms with Crippen LogP contribution in [0.25, 0.3) is 44.2 Å². The molecule has 0 N–H and O–H groups in total. The molecule has 0 aliphatic heterocycles. The molecule has 1 nitrogen and oxygen atoms in total. The Morgan fingerprint density at radius 1 is 0.491 bits per heavy atom. The molecule has 3 atom stereocenters. The second-order valence-electron chi connectivity index (χ2n) is 18.3. The molecular weight excluding hydrogens is 687 g/mol. The third-order valence-corrected chi connectivity index (χ3v) is 14.8. The van der Waals surface area contributed by atoms with Gasteiger partial charge < -0.3 is 4.90 Å². The molecule has 282 valence electrons. The number of anilines is 3. The Bertz CT molecular complexity index is 2610. The van der Waals surface area contributed by atoms with Crippen molar-refractivity contribution in [3.8, 4) is 33.4 Å². The number of hydrogen-bond donors (Lipinski definition) is 0. The van der Waals surface area contributed by atoms with E-state index in [1.54, 1.807) is 0 Å². The Balaban J connectivity index is 1.16. The first-order chi connectivity index (χ1) is 28.0. The van der Waals surface area contributed by atoms with E-state index >= 15 is 0 Å². The highest BCUT2D eigenvalue weighted by Gasteiger charge is 2.40. The number of benzene rings is 7. The van der Waals surface area contributed by atoms with Crippen molar-refractivity contribution in [2.75, 3.05) is 4.90 Å². The molecule has 4 aliphatic rings. The quantitative estimate of drug-likeness (QED) is 0.157. The fourth-order valence-corrected chi connectivity index (χ4v) is 11.8. The van der Waals surface area contributed by atoms with Gasteiger partial charge >= 0.3 is 0 Å². The van der Waals surface area contributed by atoms with Crippen molar-refractivity contribution in [1.82, 2.24) is 0 Å². The highest BCUT2D eigenvalue weighted by molar-refractivity contribution is 6.04. The summed E-state index contributed by atoms with van der Waals surface area (Å²) in [5.41, 5.74) is 17.1. The summed E-state index contributed by atoms with van der Waals surface area (Å²) in [4.78, 5) is 2.61. The lowest BCUT2D eigenvalue weighted by atomic mass is 9.81. The Morgan fingerprint density at radius 3 is 2.00 bits per heavy atom. The van der Waals surface area contributed by atoms with E-state index in [4.69, 9.17) is 0 Å². The standard InChI is InChI=1S/C56H53N/c1-56(2)52-22-12-11-21-48(52)50-35-51(47-20-10-9-19-45(47)39-16-7-4-8-17-39)55(36-53(50)56)57(44-29-26-40(27-30-44)49-33-37-24-25-43(49)32-37)54-23-13-18-42-34-41(28-31-46(42)54)38-14-5-3-6-15-38/h4,7-13,16-23,26-31,34-38,43,49H,3,5-6,14-15,24-25,32-33H2,1-2H3. The Morgan fingerprint density at radius 2 is 1.23 bits per heavy atom. The molecule has 1 heteroatoms. The van der Waals surface area contributed by atoms with E-state index in [-0.39, 0.29) is 5.41 Å². The average Bonchev–Trinajstić information content (AvgIpc) is 3.97. The van der Waals surface area contributed by atoms with Crippen LogP contribution in [0.5, 0.6) is 0 Å². The molecule has 0 heterocycles. The summed E-state index contributed by atoms with van der Waals surface area (Å²) >= 11 is 0. The van der Waals surface area contributed by atoms with Crippen LogP contribution >= 0.6 is 0 Å². The summed E-state index contributed by atoms with van der Waals surface area (Å²) in [6, 6.07) is 58.4. The van der Waals surface area contributed by atoms with E-state index in [1.165, 1.54) is 141 Å². The van der Waals surface area contributed by atoms with Crippen LogP contribution in [0, 0.1) is 11.8 Å². The minimum absolute atomic E-state index is 0.136. The molecule has 4 aliphatic carbocycles. The van der Waals surface area contributed by atoms with Crippen LogP contribution in [-0.4, -0.2) is 0 Å². The van der Waals surface area contributed by atoms with Gasteiger partial charge in [-0.15, -0.1) is 0 Å². The maximum absolute atomic E-state index is 2.61. The van der Waals surface area contributed by atoms with Gasteiger partial charge in [-0.2, -0.15) is 0 Å². The lowest BCUT2D eigenvalue weighted by molar-refractivity contribution is 0.420. The summed E-state index contributed by atoms with van der Waals surface area (Å²) in [5.74, 6) is 3.16. The Hall–Kier alpha value is -5.40. The monoisotopic (exact) mass is 739 g/mol. The molecule has 57 heavy (non-hydrogen) atoms. The predicted molar refractivity (Wildman–Crippen MR) is 241 cm³/mol. The van der Waals surface area contributed by atoms with Crippen LogP contribution in [0.1, 0.15) is 106 Å². The first-order valence-electron chi connectivity index (χ1n) is 21.9. The Kier molecular flexibility index (Phi) is 8.50. The van der Waals surface area contributed by atoms with Crippen molar-refractivity contribution < 1.29 is 0 Å². The average molecular weight is 740 g/mol. The molecular formula is C56H53N. The SMILES string of the molecule is CC1(C)c2ccccc2-c2cc(-c3ccccc3-c3ccccc3)c(N(c3ccc(C4CC5CCC4C5)cc3)c3cccc4cc(C5CCCCC5)ccc34)cc21. The van der Waals surface area contributed by atoms with Crippen molar-refractivity contribution in [1.29, 1.82) is 0 Å². The smallest absolute Gasteiger partial charge is 0.0544 e. The molecule has 3 unspecified atom stereocenters. The number of nitrogens with zero attached hydrogens (tertiary/aromatic N) is 1. The maximum atomic E-state index is 2.61. The second-order valence-corrected chi connectivity index (χ2v) is 18.3. The summed E-state index contributed by atoms with van der Waals surface area (Å²) in [7, 11) is 0. The van der Waals surface area contributed by atoms with E-state index in [0.717, 1.165) is 11.8 Å². The van der Waals surface area contributed by atoms with E-state index < -0.39 is 0 Å². The van der Waals surface area contributed by atoms with Crippen LogP contribution in [0.15, 0.2) is 152 Å². The van der Waals surface area contributed by atoms with Gasteiger partial charge in [-0.05, 0) is 142 Å². The number of rotatable bonds is 7. The molecule has 0 saturated heterocycles. The van der Waals surface area contributed by atoms with Crippen molar-refractivity contribution in [3.05, 3.63) is 174 Å². The third-order valence-electron chi connectivity index (χ3n) is 14.8. The van der Waals surface area contributed by atoms with Gasteiger partial charge in [0.1, 0.15) is 0 Å². The fourth-order valence-electron chi connectivity index (χ4n) is 11.8. The lowest BCUT2D eigenvalue weighted by Gasteiger charge is -2.32. The van der Waals surface area contributed by atoms with Crippen LogP contribution in [0.2, 0.25) is 0 Å². The Labute approximate surface area is 339 Å². The molecule has 7 aromatic rings. The molecule has 7 aromatic carbocycles. The minimum atomic E-state index is -0.136. The maximum Gasteiger partial charge on any atom is 0.0544 e. The molecule has 0 spiro atoms. The van der Waals surface area contributed by atoms with Gasteiger partial charge in [-0.25, -0.2) is 0 Å². The second kappa shape index (κ2) is 13.9. The predicted octanol–water partition coefficient (Wildman–Crippen LogP) is 15.9. The van der Waals surface area contributed by atoms with Crippen molar-refractivity contribution in [3.63, 3.8) is 0 Å². The van der Waals surface area contributed by atoms with Gasteiger partial charge in [-0.3, -0.25) is 0 Å².